The molecule has 0 radical (unpaired) electrons. The number of benzene rings is 1. The zero-order valence-electron chi connectivity index (χ0n) is 15.3. The summed E-state index contributed by atoms with van der Waals surface area (Å²) in [7, 11) is 0. The van der Waals surface area contributed by atoms with Crippen molar-refractivity contribution < 1.29 is 4.79 Å². The predicted octanol–water partition coefficient (Wildman–Crippen LogP) is 3.13. The molecule has 5 nitrogen and oxygen atoms in total. The molecule has 0 spiro atoms. The Labute approximate surface area is 159 Å². The minimum absolute atomic E-state index is 0.279. The maximum atomic E-state index is 13.2. The molecule has 2 fully saturated rings. The number of amides is 1. The van der Waals surface area contributed by atoms with Crippen LogP contribution in [-0.2, 0) is 11.3 Å². The molecule has 2 aliphatic rings. The Balaban J connectivity index is 1.48. The number of carbonyl (C=O) groups excluding carboxylic acids is 1. The number of thiazole rings is 1. The topological polar surface area (TPSA) is 48.5 Å². The molecular weight excluding hydrogens is 344 g/mol. The molecule has 1 amide bonds. The van der Waals surface area contributed by atoms with Crippen LogP contribution in [0.2, 0.25) is 0 Å². The van der Waals surface area contributed by atoms with Gasteiger partial charge in [-0.05, 0) is 38.3 Å². The minimum atomic E-state index is -0.471. The Morgan fingerprint density at radius 2 is 1.92 bits per heavy atom. The van der Waals surface area contributed by atoms with Gasteiger partial charge in [0.1, 0.15) is 5.54 Å². The molecule has 26 heavy (non-hydrogen) atoms. The number of para-hydroxylation sites is 1. The number of nitrogens with zero attached hydrogens (tertiary/aromatic N) is 3. The van der Waals surface area contributed by atoms with Crippen molar-refractivity contribution in [2.24, 2.45) is 0 Å². The zero-order chi connectivity index (χ0) is 18.0. The molecule has 2 saturated heterocycles. The summed E-state index contributed by atoms with van der Waals surface area (Å²) in [5.74, 6) is 0.279. The van der Waals surface area contributed by atoms with Crippen molar-refractivity contribution >= 4 is 22.9 Å². The van der Waals surface area contributed by atoms with Crippen molar-refractivity contribution in [1.29, 1.82) is 0 Å². The highest BCUT2D eigenvalue weighted by Gasteiger charge is 2.44. The fourth-order valence-corrected chi connectivity index (χ4v) is 4.60. The van der Waals surface area contributed by atoms with Crippen LogP contribution in [0.15, 0.2) is 35.8 Å². The molecule has 6 heteroatoms. The normalized spacial score (nSPS) is 19.8. The highest BCUT2D eigenvalue weighted by molar-refractivity contribution is 7.09. The second-order valence-electron chi connectivity index (χ2n) is 7.36. The number of aryl methyl sites for hydroxylation is 1. The van der Waals surface area contributed by atoms with Gasteiger partial charge in [0.15, 0.2) is 0 Å². The Morgan fingerprint density at radius 1 is 1.19 bits per heavy atom. The highest BCUT2D eigenvalue weighted by atomic mass is 32.1. The lowest BCUT2D eigenvalue weighted by molar-refractivity contribution is -0.141. The van der Waals surface area contributed by atoms with Crippen LogP contribution in [0.4, 0.5) is 5.69 Å². The maximum absolute atomic E-state index is 13.2. The molecule has 3 heterocycles. The summed E-state index contributed by atoms with van der Waals surface area (Å²) in [6.45, 7) is 6.68. The molecule has 0 saturated carbocycles. The molecule has 1 N–H and O–H groups in total. The van der Waals surface area contributed by atoms with Gasteiger partial charge in [-0.3, -0.25) is 9.69 Å². The molecule has 1 aromatic carbocycles. The Morgan fingerprint density at radius 3 is 2.50 bits per heavy atom. The van der Waals surface area contributed by atoms with Crippen LogP contribution < -0.4 is 5.32 Å². The van der Waals surface area contributed by atoms with Gasteiger partial charge in [-0.25, -0.2) is 4.98 Å². The molecule has 2 aliphatic heterocycles. The second kappa shape index (κ2) is 7.37. The number of carbonyl (C=O) groups is 1. The van der Waals surface area contributed by atoms with E-state index in [1.165, 1.54) is 4.88 Å². The van der Waals surface area contributed by atoms with E-state index in [9.17, 15) is 4.79 Å². The van der Waals surface area contributed by atoms with Crippen molar-refractivity contribution in [3.8, 4) is 0 Å². The van der Waals surface area contributed by atoms with Gasteiger partial charge in [-0.2, -0.15) is 0 Å². The predicted molar refractivity (Wildman–Crippen MR) is 105 cm³/mol. The number of hydrogen-bond donors (Lipinski definition) is 1. The smallest absolute Gasteiger partial charge is 0.248 e. The van der Waals surface area contributed by atoms with E-state index in [2.05, 4.69) is 34.3 Å². The highest BCUT2D eigenvalue weighted by Crippen LogP contribution is 2.31. The number of anilines is 1. The van der Waals surface area contributed by atoms with E-state index in [-0.39, 0.29) is 5.91 Å². The van der Waals surface area contributed by atoms with E-state index in [0.717, 1.165) is 63.4 Å². The van der Waals surface area contributed by atoms with E-state index >= 15 is 0 Å². The molecule has 1 aromatic heterocycles. The lowest BCUT2D eigenvalue weighted by atomic mass is 9.84. The third kappa shape index (κ3) is 3.48. The third-order valence-electron chi connectivity index (χ3n) is 5.63. The van der Waals surface area contributed by atoms with Crippen LogP contribution in [0.1, 0.15) is 29.8 Å². The van der Waals surface area contributed by atoms with Crippen molar-refractivity contribution in [3.63, 3.8) is 0 Å². The van der Waals surface area contributed by atoms with E-state index in [1.54, 1.807) is 11.3 Å². The number of likely N-dealkylation sites (tertiary alicyclic amines) is 2. The van der Waals surface area contributed by atoms with Crippen LogP contribution in [-0.4, -0.2) is 52.4 Å². The summed E-state index contributed by atoms with van der Waals surface area (Å²) in [6, 6.07) is 10.2. The van der Waals surface area contributed by atoms with Gasteiger partial charge in [-0.15, -0.1) is 11.3 Å². The van der Waals surface area contributed by atoms with Crippen LogP contribution >= 0.6 is 11.3 Å². The SMILES string of the molecule is Cc1ncsc1CN1CCC(Nc2ccccc2)(C(=O)N2CCC2)CC1. The number of rotatable bonds is 5. The van der Waals surface area contributed by atoms with Crippen molar-refractivity contribution in [1.82, 2.24) is 14.8 Å². The molecule has 2 aromatic rings. The number of hydrogen-bond acceptors (Lipinski definition) is 5. The van der Waals surface area contributed by atoms with E-state index in [1.807, 2.05) is 28.6 Å². The van der Waals surface area contributed by atoms with Crippen molar-refractivity contribution in [2.45, 2.75) is 38.3 Å². The standard InChI is InChI=1S/C20H26N4OS/c1-16-18(26-15-21-16)14-23-12-8-20(9-13-23,19(25)24-10-5-11-24)22-17-6-3-2-4-7-17/h2-4,6-7,15,22H,5,8-14H2,1H3. The summed E-state index contributed by atoms with van der Waals surface area (Å²) in [6.07, 6.45) is 2.81. The van der Waals surface area contributed by atoms with Gasteiger partial charge < -0.3 is 10.2 Å². The quantitative estimate of drug-likeness (QED) is 0.878. The molecule has 138 valence electrons. The minimum Gasteiger partial charge on any atom is -0.371 e. The summed E-state index contributed by atoms with van der Waals surface area (Å²) in [5, 5.41) is 3.61. The van der Waals surface area contributed by atoms with Crippen molar-refractivity contribution in [2.75, 3.05) is 31.5 Å². The lowest BCUT2D eigenvalue weighted by Gasteiger charge is -2.46. The summed E-state index contributed by atoms with van der Waals surface area (Å²) < 4.78 is 0. The Hall–Kier alpha value is -1.92. The Kier molecular flexibility index (Phi) is 4.96. The fraction of sp³-hybridized carbons (Fsp3) is 0.500. The summed E-state index contributed by atoms with van der Waals surface area (Å²) in [5.41, 5.74) is 3.61. The number of nitrogens with one attached hydrogen (secondary N) is 1. The second-order valence-corrected chi connectivity index (χ2v) is 8.30. The van der Waals surface area contributed by atoms with E-state index < -0.39 is 5.54 Å². The third-order valence-corrected chi connectivity index (χ3v) is 6.55. The molecule has 0 atom stereocenters. The fourth-order valence-electron chi connectivity index (χ4n) is 3.79. The first-order valence-corrected chi connectivity index (χ1v) is 10.3. The van der Waals surface area contributed by atoms with Crippen molar-refractivity contribution in [3.05, 3.63) is 46.4 Å². The van der Waals surface area contributed by atoms with Gasteiger partial charge in [0, 0.05) is 43.3 Å². The molecule has 0 bridgehead atoms. The summed E-state index contributed by atoms with van der Waals surface area (Å²) in [4.78, 5) is 23.4. The van der Waals surface area contributed by atoms with Gasteiger partial charge >= 0.3 is 0 Å². The lowest BCUT2D eigenvalue weighted by Crippen LogP contribution is -2.61. The first-order chi connectivity index (χ1) is 12.7. The zero-order valence-corrected chi connectivity index (χ0v) is 16.1. The molecule has 0 unspecified atom stereocenters. The average Bonchev–Trinajstić information content (AvgIpc) is 3.01. The monoisotopic (exact) mass is 370 g/mol. The average molecular weight is 371 g/mol. The van der Waals surface area contributed by atoms with Gasteiger partial charge in [0.25, 0.3) is 0 Å². The van der Waals surface area contributed by atoms with E-state index in [0.29, 0.717) is 0 Å². The molecular formula is C20H26N4OS. The van der Waals surface area contributed by atoms with Gasteiger partial charge in [0.05, 0.1) is 11.2 Å². The first-order valence-electron chi connectivity index (χ1n) is 9.40. The largest absolute Gasteiger partial charge is 0.371 e. The van der Waals surface area contributed by atoms with Gasteiger partial charge in [-0.1, -0.05) is 18.2 Å². The van der Waals surface area contributed by atoms with Crippen LogP contribution in [0, 0.1) is 6.92 Å². The van der Waals surface area contributed by atoms with E-state index in [4.69, 9.17) is 0 Å². The van der Waals surface area contributed by atoms with Gasteiger partial charge in [0.2, 0.25) is 5.91 Å². The van der Waals surface area contributed by atoms with Crippen LogP contribution in [0.25, 0.3) is 0 Å². The van der Waals surface area contributed by atoms with Crippen LogP contribution in [0.5, 0.6) is 0 Å². The number of aromatic nitrogens is 1. The first kappa shape index (κ1) is 17.5. The summed E-state index contributed by atoms with van der Waals surface area (Å²) >= 11 is 1.73. The number of piperidine rings is 1. The molecule has 4 rings (SSSR count). The Bertz CT molecular complexity index is 748. The van der Waals surface area contributed by atoms with Crippen LogP contribution in [0.3, 0.4) is 0 Å². The maximum Gasteiger partial charge on any atom is 0.248 e. The molecule has 0 aliphatic carbocycles.